The van der Waals surface area contributed by atoms with E-state index in [9.17, 15) is 4.79 Å². The molecule has 2 atom stereocenters. The van der Waals surface area contributed by atoms with Crippen molar-refractivity contribution >= 4 is 27.5 Å². The Morgan fingerprint density at radius 2 is 2.33 bits per heavy atom. The molecule has 1 saturated heterocycles. The number of hydrogen-bond donors (Lipinski definition) is 2. The van der Waals surface area contributed by atoms with Gasteiger partial charge in [0.05, 0.1) is 31.9 Å². The summed E-state index contributed by atoms with van der Waals surface area (Å²) < 4.78 is 11.2. The van der Waals surface area contributed by atoms with Gasteiger partial charge in [0.1, 0.15) is 5.75 Å². The minimum absolute atomic E-state index is 0.142. The second kappa shape index (κ2) is 5.69. The van der Waals surface area contributed by atoms with Gasteiger partial charge in [0.2, 0.25) is 5.91 Å². The summed E-state index contributed by atoms with van der Waals surface area (Å²) in [5.74, 6) is 0.157. The second-order valence-electron chi connectivity index (χ2n) is 4.14. The van der Waals surface area contributed by atoms with Crippen molar-refractivity contribution in [2.75, 3.05) is 25.6 Å². The summed E-state index contributed by atoms with van der Waals surface area (Å²) in [7, 11) is 1.56. The largest absolute Gasteiger partial charge is 0.495 e. The lowest BCUT2D eigenvalue weighted by Crippen LogP contribution is -2.37. The minimum Gasteiger partial charge on any atom is -0.495 e. The molecule has 18 heavy (non-hydrogen) atoms. The summed E-state index contributed by atoms with van der Waals surface area (Å²) in [6, 6.07) is 5.17. The Bertz CT molecular complexity index is 453. The van der Waals surface area contributed by atoms with Crippen LogP contribution in [0.3, 0.4) is 0 Å². The maximum Gasteiger partial charge on any atom is 0.231 e. The number of halogens is 1. The van der Waals surface area contributed by atoms with E-state index >= 15 is 0 Å². The highest BCUT2D eigenvalue weighted by Crippen LogP contribution is 2.28. The molecule has 0 bridgehead atoms. The first kappa shape index (κ1) is 13.3. The van der Waals surface area contributed by atoms with Gasteiger partial charge in [-0.25, -0.2) is 0 Å². The summed E-state index contributed by atoms with van der Waals surface area (Å²) in [5, 5.41) is 2.82. The second-order valence-corrected chi connectivity index (χ2v) is 5.06. The van der Waals surface area contributed by atoms with Crippen LogP contribution in [0.25, 0.3) is 0 Å². The molecular formula is C12H15BrN2O3. The molecule has 1 aliphatic rings. The van der Waals surface area contributed by atoms with Crippen LogP contribution in [0.15, 0.2) is 22.7 Å². The molecule has 5 nitrogen and oxygen atoms in total. The van der Waals surface area contributed by atoms with E-state index in [1.807, 2.05) is 6.07 Å². The summed E-state index contributed by atoms with van der Waals surface area (Å²) in [5.41, 5.74) is 6.43. The molecule has 98 valence electrons. The molecule has 0 radical (unpaired) electrons. The van der Waals surface area contributed by atoms with Crippen LogP contribution in [0.2, 0.25) is 0 Å². The zero-order chi connectivity index (χ0) is 13.1. The Kier molecular flexibility index (Phi) is 4.21. The number of benzene rings is 1. The van der Waals surface area contributed by atoms with E-state index in [0.29, 0.717) is 24.7 Å². The number of carbonyl (C=O) groups excluding carboxylic acids is 1. The van der Waals surface area contributed by atoms with Crippen LogP contribution in [0.4, 0.5) is 5.69 Å². The topological polar surface area (TPSA) is 73.6 Å². The number of ether oxygens (including phenoxy) is 2. The standard InChI is InChI=1S/C12H15BrN2O3/c1-17-11-3-2-7(13)4-10(11)15-12(16)8-5-18-6-9(8)14/h2-4,8-9H,5-6,14H2,1H3,(H,15,16). The van der Waals surface area contributed by atoms with Crippen molar-refractivity contribution in [3.05, 3.63) is 22.7 Å². The van der Waals surface area contributed by atoms with Gasteiger partial charge in [-0.1, -0.05) is 15.9 Å². The molecule has 0 spiro atoms. The summed E-state index contributed by atoms with van der Waals surface area (Å²) >= 11 is 3.35. The van der Waals surface area contributed by atoms with Crippen LogP contribution < -0.4 is 15.8 Å². The van der Waals surface area contributed by atoms with E-state index in [0.717, 1.165) is 4.47 Å². The first-order valence-electron chi connectivity index (χ1n) is 5.59. The average Bonchev–Trinajstić information content (AvgIpc) is 2.76. The molecule has 2 unspecified atom stereocenters. The molecule has 1 aromatic rings. The summed E-state index contributed by atoms with van der Waals surface area (Å²) in [6.07, 6.45) is 0. The Labute approximate surface area is 114 Å². The van der Waals surface area contributed by atoms with E-state index in [1.54, 1.807) is 19.2 Å². The molecule has 2 rings (SSSR count). The van der Waals surface area contributed by atoms with Gasteiger partial charge in [0, 0.05) is 10.5 Å². The van der Waals surface area contributed by atoms with Gasteiger partial charge in [-0.3, -0.25) is 4.79 Å². The Balaban J connectivity index is 2.13. The SMILES string of the molecule is COc1ccc(Br)cc1NC(=O)C1COCC1N. The monoisotopic (exact) mass is 314 g/mol. The minimum atomic E-state index is -0.311. The van der Waals surface area contributed by atoms with Crippen molar-refractivity contribution in [1.82, 2.24) is 0 Å². The Morgan fingerprint density at radius 1 is 1.56 bits per heavy atom. The fourth-order valence-electron chi connectivity index (χ4n) is 1.84. The van der Waals surface area contributed by atoms with Crippen molar-refractivity contribution < 1.29 is 14.3 Å². The Hall–Kier alpha value is -1.11. The number of nitrogens with one attached hydrogen (secondary N) is 1. The lowest BCUT2D eigenvalue weighted by molar-refractivity contribution is -0.120. The highest BCUT2D eigenvalue weighted by molar-refractivity contribution is 9.10. The van der Waals surface area contributed by atoms with Gasteiger partial charge in [-0.15, -0.1) is 0 Å². The molecule has 0 aliphatic carbocycles. The average molecular weight is 315 g/mol. The molecule has 1 heterocycles. The fourth-order valence-corrected chi connectivity index (χ4v) is 2.21. The van der Waals surface area contributed by atoms with E-state index in [4.69, 9.17) is 15.2 Å². The summed E-state index contributed by atoms with van der Waals surface area (Å²) in [4.78, 5) is 12.1. The molecule has 1 aliphatic heterocycles. The van der Waals surface area contributed by atoms with Crippen molar-refractivity contribution in [1.29, 1.82) is 0 Å². The van der Waals surface area contributed by atoms with Crippen LogP contribution in [0.1, 0.15) is 0 Å². The number of anilines is 1. The quantitative estimate of drug-likeness (QED) is 0.883. The zero-order valence-electron chi connectivity index (χ0n) is 9.98. The molecule has 3 N–H and O–H groups in total. The highest BCUT2D eigenvalue weighted by Gasteiger charge is 2.31. The van der Waals surface area contributed by atoms with Gasteiger partial charge >= 0.3 is 0 Å². The molecular weight excluding hydrogens is 300 g/mol. The van der Waals surface area contributed by atoms with Crippen LogP contribution >= 0.6 is 15.9 Å². The predicted molar refractivity (Wildman–Crippen MR) is 71.6 cm³/mol. The molecule has 1 aromatic carbocycles. The first-order chi connectivity index (χ1) is 8.61. The molecule has 1 fully saturated rings. The van der Waals surface area contributed by atoms with Crippen molar-refractivity contribution in [3.8, 4) is 5.75 Å². The van der Waals surface area contributed by atoms with Gasteiger partial charge in [0.25, 0.3) is 0 Å². The zero-order valence-corrected chi connectivity index (χ0v) is 11.6. The number of nitrogens with two attached hydrogens (primary N) is 1. The van der Waals surface area contributed by atoms with E-state index in [-0.39, 0.29) is 17.9 Å². The highest BCUT2D eigenvalue weighted by atomic mass is 79.9. The van der Waals surface area contributed by atoms with E-state index in [2.05, 4.69) is 21.2 Å². The third kappa shape index (κ3) is 2.82. The maximum absolute atomic E-state index is 12.1. The van der Waals surface area contributed by atoms with E-state index < -0.39 is 0 Å². The molecule has 6 heteroatoms. The lowest BCUT2D eigenvalue weighted by Gasteiger charge is -2.15. The fraction of sp³-hybridized carbons (Fsp3) is 0.417. The van der Waals surface area contributed by atoms with E-state index in [1.165, 1.54) is 0 Å². The third-order valence-corrected chi connectivity index (χ3v) is 3.37. The van der Waals surface area contributed by atoms with Gasteiger partial charge < -0.3 is 20.5 Å². The third-order valence-electron chi connectivity index (χ3n) is 2.88. The van der Waals surface area contributed by atoms with Crippen LogP contribution in [-0.4, -0.2) is 32.3 Å². The van der Waals surface area contributed by atoms with Crippen LogP contribution in [-0.2, 0) is 9.53 Å². The van der Waals surface area contributed by atoms with Gasteiger partial charge in [0.15, 0.2) is 0 Å². The van der Waals surface area contributed by atoms with Crippen molar-refractivity contribution in [2.24, 2.45) is 11.7 Å². The number of rotatable bonds is 3. The number of carbonyl (C=O) groups is 1. The smallest absolute Gasteiger partial charge is 0.231 e. The van der Waals surface area contributed by atoms with Crippen LogP contribution in [0.5, 0.6) is 5.75 Å². The lowest BCUT2D eigenvalue weighted by atomic mass is 10.0. The van der Waals surface area contributed by atoms with Gasteiger partial charge in [-0.2, -0.15) is 0 Å². The Morgan fingerprint density at radius 3 is 2.94 bits per heavy atom. The molecule has 1 amide bonds. The molecule has 0 aromatic heterocycles. The predicted octanol–water partition coefficient (Wildman–Crippen LogP) is 1.37. The van der Waals surface area contributed by atoms with Gasteiger partial charge in [-0.05, 0) is 18.2 Å². The van der Waals surface area contributed by atoms with Crippen molar-refractivity contribution in [3.63, 3.8) is 0 Å². The first-order valence-corrected chi connectivity index (χ1v) is 6.39. The number of amides is 1. The maximum atomic E-state index is 12.1. The van der Waals surface area contributed by atoms with Crippen LogP contribution in [0, 0.1) is 5.92 Å². The van der Waals surface area contributed by atoms with Crippen molar-refractivity contribution in [2.45, 2.75) is 6.04 Å². The summed E-state index contributed by atoms with van der Waals surface area (Å²) in [6.45, 7) is 0.789. The molecule has 0 saturated carbocycles. The number of hydrogen-bond acceptors (Lipinski definition) is 4. The normalized spacial score (nSPS) is 22.8. The number of methoxy groups -OCH3 is 1.